The van der Waals surface area contributed by atoms with Crippen molar-refractivity contribution in [2.75, 3.05) is 4.90 Å². The van der Waals surface area contributed by atoms with Gasteiger partial charge >= 0.3 is 0 Å². The van der Waals surface area contributed by atoms with Crippen LogP contribution in [0.25, 0.3) is 5.70 Å². The fourth-order valence-corrected chi connectivity index (χ4v) is 4.84. The molecule has 0 N–H and O–H groups in total. The second kappa shape index (κ2) is 8.51. The molecular formula is C31H29N. The standard InChI is InChI=1S/C31H29N/c1-22-10-4-5-11-26(22)19-25-16-17-30(23(2)18-25)24(3)32-21-29-14-7-6-12-27(29)20-28-13-8-9-15-31(28)32/h4-18H,3,19-21H2,1-2H3. The van der Waals surface area contributed by atoms with E-state index >= 15 is 0 Å². The van der Waals surface area contributed by atoms with Crippen LogP contribution in [0.1, 0.15) is 44.5 Å². The zero-order valence-corrected chi connectivity index (χ0v) is 18.9. The highest BCUT2D eigenvalue weighted by atomic mass is 15.1. The second-order valence-corrected chi connectivity index (χ2v) is 8.86. The molecule has 0 spiro atoms. The maximum absolute atomic E-state index is 4.58. The molecule has 0 bridgehead atoms. The minimum absolute atomic E-state index is 0.844. The van der Waals surface area contributed by atoms with Crippen molar-refractivity contribution in [2.45, 2.75) is 33.2 Å². The molecule has 158 valence electrons. The van der Waals surface area contributed by atoms with E-state index in [0.29, 0.717) is 0 Å². The van der Waals surface area contributed by atoms with Crippen molar-refractivity contribution < 1.29 is 0 Å². The van der Waals surface area contributed by atoms with Gasteiger partial charge in [-0.2, -0.15) is 0 Å². The Morgan fingerprint density at radius 3 is 2.22 bits per heavy atom. The molecule has 0 unspecified atom stereocenters. The summed E-state index contributed by atoms with van der Waals surface area (Å²) >= 11 is 0. The van der Waals surface area contributed by atoms with Crippen LogP contribution in [0.4, 0.5) is 5.69 Å². The Bertz CT molecular complexity index is 1300. The number of hydrogen-bond acceptors (Lipinski definition) is 1. The van der Waals surface area contributed by atoms with Crippen LogP contribution >= 0.6 is 0 Å². The highest BCUT2D eigenvalue weighted by Crippen LogP contribution is 2.36. The van der Waals surface area contributed by atoms with Gasteiger partial charge in [0.2, 0.25) is 0 Å². The molecule has 0 saturated heterocycles. The van der Waals surface area contributed by atoms with Crippen LogP contribution in [0.5, 0.6) is 0 Å². The van der Waals surface area contributed by atoms with Crippen molar-refractivity contribution >= 4 is 11.4 Å². The number of rotatable bonds is 4. The number of fused-ring (bicyclic) bond motifs is 2. The molecule has 1 heterocycles. The second-order valence-electron chi connectivity index (χ2n) is 8.86. The summed E-state index contributed by atoms with van der Waals surface area (Å²) in [7, 11) is 0. The summed E-state index contributed by atoms with van der Waals surface area (Å²) in [5.41, 5.74) is 13.0. The zero-order chi connectivity index (χ0) is 22.1. The van der Waals surface area contributed by atoms with E-state index < -0.39 is 0 Å². The molecule has 0 atom stereocenters. The summed E-state index contributed by atoms with van der Waals surface area (Å²) in [6.45, 7) is 9.82. The van der Waals surface area contributed by atoms with Crippen molar-refractivity contribution in [3.05, 3.63) is 142 Å². The lowest BCUT2D eigenvalue weighted by Gasteiger charge is -2.28. The largest absolute Gasteiger partial charge is 0.337 e. The Hall–Kier alpha value is -3.58. The fraction of sp³-hybridized carbons (Fsp3) is 0.161. The predicted octanol–water partition coefficient (Wildman–Crippen LogP) is 7.48. The molecule has 0 fully saturated rings. The monoisotopic (exact) mass is 415 g/mol. The van der Waals surface area contributed by atoms with Gasteiger partial charge in [0.1, 0.15) is 0 Å². The molecule has 4 aromatic rings. The zero-order valence-electron chi connectivity index (χ0n) is 18.9. The van der Waals surface area contributed by atoms with Crippen LogP contribution in [0.15, 0.2) is 97.6 Å². The lowest BCUT2D eigenvalue weighted by atomic mass is 9.96. The maximum Gasteiger partial charge on any atom is 0.0484 e. The summed E-state index contributed by atoms with van der Waals surface area (Å²) in [5.74, 6) is 0. The average molecular weight is 416 g/mol. The first-order valence-electron chi connectivity index (χ1n) is 11.4. The van der Waals surface area contributed by atoms with Gasteiger partial charge in [-0.05, 0) is 71.7 Å². The van der Waals surface area contributed by atoms with Gasteiger partial charge in [-0.1, -0.05) is 91.5 Å². The van der Waals surface area contributed by atoms with E-state index in [1.807, 2.05) is 0 Å². The Kier molecular flexibility index (Phi) is 5.41. The van der Waals surface area contributed by atoms with Crippen LogP contribution in [-0.2, 0) is 19.4 Å². The Labute approximate surface area is 191 Å². The molecule has 0 amide bonds. The summed E-state index contributed by atoms with van der Waals surface area (Å²) in [4.78, 5) is 2.39. The first-order chi connectivity index (χ1) is 15.6. The van der Waals surface area contributed by atoms with E-state index in [1.54, 1.807) is 0 Å². The van der Waals surface area contributed by atoms with Crippen molar-refractivity contribution in [2.24, 2.45) is 0 Å². The lowest BCUT2D eigenvalue weighted by Crippen LogP contribution is -2.21. The van der Waals surface area contributed by atoms with Crippen molar-refractivity contribution in [1.82, 2.24) is 0 Å². The van der Waals surface area contributed by atoms with Crippen LogP contribution in [0, 0.1) is 13.8 Å². The van der Waals surface area contributed by atoms with Gasteiger partial charge < -0.3 is 4.90 Å². The van der Waals surface area contributed by atoms with Crippen LogP contribution in [0.2, 0.25) is 0 Å². The van der Waals surface area contributed by atoms with E-state index in [1.165, 1.54) is 50.2 Å². The van der Waals surface area contributed by atoms with Crippen molar-refractivity contribution in [1.29, 1.82) is 0 Å². The third-order valence-electron chi connectivity index (χ3n) is 6.69. The van der Waals surface area contributed by atoms with Gasteiger partial charge in [-0.3, -0.25) is 0 Å². The summed E-state index contributed by atoms with van der Waals surface area (Å²) in [6, 6.07) is 33.0. The molecule has 5 rings (SSSR count). The fourth-order valence-electron chi connectivity index (χ4n) is 4.84. The minimum atomic E-state index is 0.844. The summed E-state index contributed by atoms with van der Waals surface area (Å²) in [6.07, 6.45) is 1.92. The third-order valence-corrected chi connectivity index (χ3v) is 6.69. The molecule has 0 aromatic heterocycles. The van der Waals surface area contributed by atoms with Gasteiger partial charge in [0, 0.05) is 23.5 Å². The quantitative estimate of drug-likeness (QED) is 0.334. The van der Waals surface area contributed by atoms with E-state index in [4.69, 9.17) is 0 Å². The highest BCUT2D eigenvalue weighted by molar-refractivity contribution is 5.81. The van der Waals surface area contributed by atoms with E-state index in [-0.39, 0.29) is 0 Å². The average Bonchev–Trinajstić information content (AvgIpc) is 2.97. The minimum Gasteiger partial charge on any atom is -0.337 e. The maximum atomic E-state index is 4.58. The molecule has 0 aliphatic carbocycles. The SMILES string of the molecule is C=C(c1ccc(Cc2ccccc2C)cc1C)N1Cc2ccccc2Cc2ccccc21. The number of benzene rings is 4. The normalized spacial score (nSPS) is 12.6. The van der Waals surface area contributed by atoms with Crippen LogP contribution in [0.3, 0.4) is 0 Å². The topological polar surface area (TPSA) is 3.24 Å². The molecule has 1 aliphatic heterocycles. The van der Waals surface area contributed by atoms with Gasteiger partial charge in [-0.15, -0.1) is 0 Å². The summed E-state index contributed by atoms with van der Waals surface area (Å²) in [5, 5.41) is 0. The molecule has 32 heavy (non-hydrogen) atoms. The predicted molar refractivity (Wildman–Crippen MR) is 136 cm³/mol. The highest BCUT2D eigenvalue weighted by Gasteiger charge is 2.22. The van der Waals surface area contributed by atoms with Crippen molar-refractivity contribution in [3.63, 3.8) is 0 Å². The van der Waals surface area contributed by atoms with E-state index in [9.17, 15) is 0 Å². The Morgan fingerprint density at radius 2 is 1.44 bits per heavy atom. The molecule has 1 heteroatoms. The van der Waals surface area contributed by atoms with Crippen LogP contribution in [-0.4, -0.2) is 0 Å². The van der Waals surface area contributed by atoms with Gasteiger partial charge in [0.15, 0.2) is 0 Å². The van der Waals surface area contributed by atoms with Crippen LogP contribution < -0.4 is 4.90 Å². The smallest absolute Gasteiger partial charge is 0.0484 e. The van der Waals surface area contributed by atoms with E-state index in [0.717, 1.165) is 25.1 Å². The first-order valence-corrected chi connectivity index (χ1v) is 11.4. The number of anilines is 1. The van der Waals surface area contributed by atoms with Gasteiger partial charge in [-0.25, -0.2) is 0 Å². The summed E-state index contributed by atoms with van der Waals surface area (Å²) < 4.78 is 0. The molecule has 0 saturated carbocycles. The molecule has 4 aromatic carbocycles. The number of para-hydroxylation sites is 1. The molecule has 1 aliphatic rings. The van der Waals surface area contributed by atoms with E-state index in [2.05, 4.69) is 116 Å². The Morgan fingerprint density at radius 1 is 0.750 bits per heavy atom. The lowest BCUT2D eigenvalue weighted by molar-refractivity contribution is 0.984. The number of aryl methyl sites for hydroxylation is 2. The number of hydrogen-bond donors (Lipinski definition) is 0. The number of nitrogens with zero attached hydrogens (tertiary/aromatic N) is 1. The first kappa shape index (κ1) is 20.3. The van der Waals surface area contributed by atoms with Crippen molar-refractivity contribution in [3.8, 4) is 0 Å². The molecular weight excluding hydrogens is 386 g/mol. The molecule has 0 radical (unpaired) electrons. The Balaban J connectivity index is 1.49. The molecule has 1 nitrogen and oxygen atoms in total. The third kappa shape index (κ3) is 3.87. The van der Waals surface area contributed by atoms with Gasteiger partial charge in [0.05, 0.1) is 0 Å². The van der Waals surface area contributed by atoms with Gasteiger partial charge in [0.25, 0.3) is 0 Å².